The van der Waals surface area contributed by atoms with Crippen molar-refractivity contribution < 1.29 is 4.79 Å². The SMILES string of the molecule is CC(CCNC(=O)C1CCCCC1N)c1ccccc1. The van der Waals surface area contributed by atoms with Crippen molar-refractivity contribution in [2.24, 2.45) is 11.7 Å². The van der Waals surface area contributed by atoms with Gasteiger partial charge in [-0.2, -0.15) is 0 Å². The number of hydrogen-bond donors (Lipinski definition) is 2. The van der Waals surface area contributed by atoms with E-state index in [9.17, 15) is 4.79 Å². The van der Waals surface area contributed by atoms with Gasteiger partial charge in [-0.1, -0.05) is 50.1 Å². The molecule has 0 bridgehead atoms. The van der Waals surface area contributed by atoms with E-state index in [1.54, 1.807) is 0 Å². The van der Waals surface area contributed by atoms with Crippen molar-refractivity contribution in [3.05, 3.63) is 35.9 Å². The average Bonchev–Trinajstić information content (AvgIpc) is 2.48. The van der Waals surface area contributed by atoms with Gasteiger partial charge in [0.2, 0.25) is 5.91 Å². The molecule has 1 aromatic rings. The Labute approximate surface area is 121 Å². The molecule has 20 heavy (non-hydrogen) atoms. The van der Waals surface area contributed by atoms with Crippen LogP contribution >= 0.6 is 0 Å². The van der Waals surface area contributed by atoms with Gasteiger partial charge in [0, 0.05) is 12.6 Å². The number of nitrogens with two attached hydrogens (primary N) is 1. The molecular formula is C17H26N2O. The van der Waals surface area contributed by atoms with Crippen molar-refractivity contribution in [3.63, 3.8) is 0 Å². The van der Waals surface area contributed by atoms with Crippen LogP contribution in [0, 0.1) is 5.92 Å². The number of carbonyl (C=O) groups excluding carboxylic acids is 1. The second-order valence-electron chi connectivity index (χ2n) is 5.95. The fourth-order valence-electron chi connectivity index (χ4n) is 2.98. The molecule has 0 radical (unpaired) electrons. The Morgan fingerprint density at radius 1 is 1.30 bits per heavy atom. The summed E-state index contributed by atoms with van der Waals surface area (Å²) in [5.74, 6) is 0.643. The molecule has 1 fully saturated rings. The zero-order valence-corrected chi connectivity index (χ0v) is 12.3. The van der Waals surface area contributed by atoms with Crippen LogP contribution in [0.2, 0.25) is 0 Å². The van der Waals surface area contributed by atoms with Crippen LogP contribution in [-0.2, 0) is 4.79 Å². The van der Waals surface area contributed by atoms with Crippen LogP contribution in [0.4, 0.5) is 0 Å². The minimum absolute atomic E-state index is 0.0239. The first-order valence-corrected chi connectivity index (χ1v) is 7.76. The Morgan fingerprint density at radius 3 is 2.70 bits per heavy atom. The first kappa shape index (κ1) is 15.0. The smallest absolute Gasteiger partial charge is 0.224 e. The molecule has 3 heteroatoms. The van der Waals surface area contributed by atoms with E-state index >= 15 is 0 Å². The van der Waals surface area contributed by atoms with Gasteiger partial charge in [-0.15, -0.1) is 0 Å². The van der Waals surface area contributed by atoms with Crippen LogP contribution < -0.4 is 11.1 Å². The zero-order valence-electron chi connectivity index (χ0n) is 12.3. The Morgan fingerprint density at radius 2 is 2.00 bits per heavy atom. The maximum absolute atomic E-state index is 12.1. The summed E-state index contributed by atoms with van der Waals surface area (Å²) in [6.45, 7) is 2.94. The summed E-state index contributed by atoms with van der Waals surface area (Å²) < 4.78 is 0. The highest BCUT2D eigenvalue weighted by atomic mass is 16.1. The van der Waals surface area contributed by atoms with Gasteiger partial charge in [0.05, 0.1) is 5.92 Å². The molecule has 110 valence electrons. The molecule has 2 rings (SSSR count). The summed E-state index contributed by atoms with van der Waals surface area (Å²) >= 11 is 0. The van der Waals surface area contributed by atoms with Gasteiger partial charge in [-0.05, 0) is 30.7 Å². The van der Waals surface area contributed by atoms with E-state index in [-0.39, 0.29) is 17.9 Å². The Balaban J connectivity index is 1.74. The molecule has 1 aromatic carbocycles. The van der Waals surface area contributed by atoms with Crippen LogP contribution in [0.5, 0.6) is 0 Å². The summed E-state index contributed by atoms with van der Waals surface area (Å²) in [6.07, 6.45) is 5.19. The summed E-state index contributed by atoms with van der Waals surface area (Å²) in [7, 11) is 0. The summed E-state index contributed by atoms with van der Waals surface area (Å²) in [4.78, 5) is 12.1. The third-order valence-electron chi connectivity index (χ3n) is 4.40. The Bertz CT molecular complexity index is 418. The Hall–Kier alpha value is -1.35. The minimum atomic E-state index is 0.0239. The molecule has 1 saturated carbocycles. The average molecular weight is 274 g/mol. The standard InChI is InChI=1S/C17H26N2O/c1-13(14-7-3-2-4-8-14)11-12-19-17(20)15-9-5-6-10-16(15)18/h2-4,7-8,13,15-16H,5-6,9-12,18H2,1H3,(H,19,20). The molecule has 3 nitrogen and oxygen atoms in total. The molecule has 0 heterocycles. The molecule has 3 N–H and O–H groups in total. The van der Waals surface area contributed by atoms with Crippen molar-refractivity contribution in [3.8, 4) is 0 Å². The molecule has 0 aliphatic heterocycles. The van der Waals surface area contributed by atoms with Crippen molar-refractivity contribution in [2.75, 3.05) is 6.54 Å². The topological polar surface area (TPSA) is 55.1 Å². The molecule has 1 aliphatic carbocycles. The van der Waals surface area contributed by atoms with Gasteiger partial charge in [0.1, 0.15) is 0 Å². The van der Waals surface area contributed by atoms with Crippen LogP contribution in [0.3, 0.4) is 0 Å². The predicted octanol–water partition coefficient (Wildman–Crippen LogP) is 2.81. The van der Waals surface area contributed by atoms with Gasteiger partial charge in [0.25, 0.3) is 0 Å². The van der Waals surface area contributed by atoms with E-state index in [0.717, 1.165) is 38.6 Å². The maximum atomic E-state index is 12.1. The lowest BCUT2D eigenvalue weighted by molar-refractivity contribution is -0.126. The number of amides is 1. The van der Waals surface area contributed by atoms with Crippen LogP contribution in [0.25, 0.3) is 0 Å². The molecule has 0 saturated heterocycles. The van der Waals surface area contributed by atoms with Crippen LogP contribution in [0.1, 0.15) is 50.5 Å². The second-order valence-corrected chi connectivity index (χ2v) is 5.95. The number of benzene rings is 1. The zero-order chi connectivity index (χ0) is 14.4. The fraction of sp³-hybridized carbons (Fsp3) is 0.588. The fourth-order valence-corrected chi connectivity index (χ4v) is 2.98. The van der Waals surface area contributed by atoms with E-state index < -0.39 is 0 Å². The highest BCUT2D eigenvalue weighted by Gasteiger charge is 2.27. The number of carbonyl (C=O) groups is 1. The molecule has 0 aromatic heterocycles. The van der Waals surface area contributed by atoms with E-state index in [0.29, 0.717) is 5.92 Å². The van der Waals surface area contributed by atoms with Crippen molar-refractivity contribution >= 4 is 5.91 Å². The predicted molar refractivity (Wildman–Crippen MR) is 82.4 cm³/mol. The minimum Gasteiger partial charge on any atom is -0.356 e. The summed E-state index contributed by atoms with van der Waals surface area (Å²) in [5, 5.41) is 3.06. The van der Waals surface area contributed by atoms with Crippen LogP contribution in [-0.4, -0.2) is 18.5 Å². The monoisotopic (exact) mass is 274 g/mol. The lowest BCUT2D eigenvalue weighted by Gasteiger charge is -2.27. The lowest BCUT2D eigenvalue weighted by Crippen LogP contribution is -2.44. The van der Waals surface area contributed by atoms with Crippen molar-refractivity contribution in [1.29, 1.82) is 0 Å². The van der Waals surface area contributed by atoms with E-state index in [1.165, 1.54) is 5.56 Å². The first-order valence-electron chi connectivity index (χ1n) is 7.76. The number of nitrogens with one attached hydrogen (secondary N) is 1. The first-order chi connectivity index (χ1) is 9.68. The molecule has 3 unspecified atom stereocenters. The quantitative estimate of drug-likeness (QED) is 0.867. The molecular weight excluding hydrogens is 248 g/mol. The third kappa shape index (κ3) is 4.07. The lowest BCUT2D eigenvalue weighted by atomic mass is 9.84. The number of rotatable bonds is 5. The van der Waals surface area contributed by atoms with Gasteiger partial charge < -0.3 is 11.1 Å². The summed E-state index contributed by atoms with van der Waals surface area (Å²) in [6, 6.07) is 10.5. The van der Waals surface area contributed by atoms with Gasteiger partial charge in [0.15, 0.2) is 0 Å². The van der Waals surface area contributed by atoms with Gasteiger partial charge in [-0.3, -0.25) is 4.79 Å². The Kier molecular flexibility index (Phi) is 5.60. The third-order valence-corrected chi connectivity index (χ3v) is 4.40. The second kappa shape index (κ2) is 7.44. The van der Waals surface area contributed by atoms with Gasteiger partial charge in [-0.25, -0.2) is 0 Å². The molecule has 0 spiro atoms. The highest BCUT2D eigenvalue weighted by molar-refractivity contribution is 5.79. The number of hydrogen-bond acceptors (Lipinski definition) is 2. The highest BCUT2D eigenvalue weighted by Crippen LogP contribution is 2.23. The maximum Gasteiger partial charge on any atom is 0.224 e. The van der Waals surface area contributed by atoms with Crippen LogP contribution in [0.15, 0.2) is 30.3 Å². The van der Waals surface area contributed by atoms with Crippen molar-refractivity contribution in [1.82, 2.24) is 5.32 Å². The van der Waals surface area contributed by atoms with E-state index in [4.69, 9.17) is 5.73 Å². The van der Waals surface area contributed by atoms with Crippen molar-refractivity contribution in [2.45, 2.75) is 51.0 Å². The normalized spacial score (nSPS) is 24.1. The molecule has 3 atom stereocenters. The van der Waals surface area contributed by atoms with E-state index in [1.807, 2.05) is 6.07 Å². The summed E-state index contributed by atoms with van der Waals surface area (Å²) in [5.41, 5.74) is 7.37. The van der Waals surface area contributed by atoms with Gasteiger partial charge >= 0.3 is 0 Å². The molecule has 1 aliphatic rings. The molecule has 1 amide bonds. The van der Waals surface area contributed by atoms with E-state index in [2.05, 4.69) is 36.5 Å². The largest absolute Gasteiger partial charge is 0.356 e.